The number of hydrogen-bond donors (Lipinski definition) is 3. The maximum atomic E-state index is 12.9. The van der Waals surface area contributed by atoms with Crippen LogP contribution in [-0.2, 0) is 22.9 Å². The van der Waals surface area contributed by atoms with Gasteiger partial charge in [-0.05, 0) is 72.6 Å². The molecule has 3 aromatic heterocycles. The Bertz CT molecular complexity index is 1610. The fraction of sp³-hybridized carbons (Fsp3) is 0.172. The maximum Gasteiger partial charge on any atom is 0.261 e. The van der Waals surface area contributed by atoms with E-state index in [4.69, 9.17) is 4.52 Å². The minimum absolute atomic E-state index is 0.121. The number of benzene rings is 2. The van der Waals surface area contributed by atoms with Crippen LogP contribution in [0, 0.1) is 0 Å². The van der Waals surface area contributed by atoms with E-state index in [2.05, 4.69) is 30.1 Å². The van der Waals surface area contributed by atoms with Crippen molar-refractivity contribution < 1.29 is 18.0 Å². The van der Waals surface area contributed by atoms with Gasteiger partial charge in [-0.2, -0.15) is 4.98 Å². The summed E-state index contributed by atoms with van der Waals surface area (Å²) < 4.78 is 33.8. The average Bonchev–Trinajstić information content (AvgIpc) is 3.45. The van der Waals surface area contributed by atoms with Crippen LogP contribution >= 0.6 is 0 Å². The zero-order chi connectivity index (χ0) is 27.8. The normalized spacial score (nSPS) is 12.2. The second-order valence-electron chi connectivity index (χ2n) is 9.13. The molecule has 0 aliphatic carbocycles. The second kappa shape index (κ2) is 12.6. The van der Waals surface area contributed by atoms with Crippen molar-refractivity contribution in [2.45, 2.75) is 23.8 Å². The third-order valence-corrected chi connectivity index (χ3v) is 7.57. The average molecular weight is 557 g/mol. The minimum atomic E-state index is -3.78. The third kappa shape index (κ3) is 7.14. The molecule has 5 aromatic rings. The first-order chi connectivity index (χ1) is 19.5. The number of anilines is 1. The molecule has 1 atom stereocenters. The minimum Gasteiger partial charge on any atom is -0.387 e. The van der Waals surface area contributed by atoms with Crippen molar-refractivity contribution in [1.29, 1.82) is 0 Å². The Labute approximate surface area is 232 Å². The summed E-state index contributed by atoms with van der Waals surface area (Å²) in [6.45, 7) is 1.09. The molecule has 11 heteroatoms. The van der Waals surface area contributed by atoms with Gasteiger partial charge in [-0.25, -0.2) is 8.42 Å². The van der Waals surface area contributed by atoms with Crippen LogP contribution in [0.25, 0.3) is 11.4 Å². The Morgan fingerprint density at radius 1 is 0.875 bits per heavy atom. The van der Waals surface area contributed by atoms with E-state index in [1.165, 1.54) is 12.1 Å². The molecule has 10 nitrogen and oxygen atoms in total. The van der Waals surface area contributed by atoms with Gasteiger partial charge in [-0.1, -0.05) is 29.4 Å². The summed E-state index contributed by atoms with van der Waals surface area (Å²) in [6, 6.07) is 20.9. The molecule has 0 bridgehead atoms. The molecule has 3 heterocycles. The Kier molecular flexibility index (Phi) is 8.55. The fourth-order valence-electron chi connectivity index (χ4n) is 4.02. The third-order valence-electron chi connectivity index (χ3n) is 6.17. The van der Waals surface area contributed by atoms with Crippen LogP contribution in [-0.4, -0.2) is 46.7 Å². The van der Waals surface area contributed by atoms with Crippen molar-refractivity contribution in [3.8, 4) is 11.4 Å². The smallest absolute Gasteiger partial charge is 0.261 e. The van der Waals surface area contributed by atoms with Crippen LogP contribution in [0.2, 0.25) is 0 Å². The number of aliphatic hydroxyl groups excluding tert-OH is 1. The van der Waals surface area contributed by atoms with Crippen LogP contribution < -0.4 is 10.0 Å². The molecular formula is C29H28N6O4S. The van der Waals surface area contributed by atoms with E-state index in [-0.39, 0.29) is 4.90 Å². The van der Waals surface area contributed by atoms with Crippen LogP contribution in [0.3, 0.4) is 0 Å². The Balaban J connectivity index is 1.12. The molecule has 0 aliphatic rings. The van der Waals surface area contributed by atoms with Crippen LogP contribution in [0.5, 0.6) is 0 Å². The van der Waals surface area contributed by atoms with Gasteiger partial charge in [0.15, 0.2) is 0 Å². The van der Waals surface area contributed by atoms with Gasteiger partial charge in [-0.3, -0.25) is 14.7 Å². The molecular weight excluding hydrogens is 528 g/mol. The molecule has 0 radical (unpaired) electrons. The SMILES string of the molecule is O=S(=O)(Nc1ccc(CCNCC(O)c2cccnc2)cc1)c1ccc(-c2noc(Cc3cccnc3)n2)cc1. The largest absolute Gasteiger partial charge is 0.387 e. The van der Waals surface area contributed by atoms with Gasteiger partial charge in [0, 0.05) is 48.1 Å². The molecule has 0 saturated carbocycles. The Hall–Kier alpha value is -4.45. The van der Waals surface area contributed by atoms with E-state index in [0.717, 1.165) is 23.1 Å². The molecule has 3 N–H and O–H groups in total. The lowest BCUT2D eigenvalue weighted by Crippen LogP contribution is -2.23. The van der Waals surface area contributed by atoms with Gasteiger partial charge in [0.05, 0.1) is 17.4 Å². The molecule has 5 rings (SSSR count). The molecule has 40 heavy (non-hydrogen) atoms. The van der Waals surface area contributed by atoms with Crippen molar-refractivity contribution in [2.24, 2.45) is 0 Å². The lowest BCUT2D eigenvalue weighted by atomic mass is 10.1. The molecule has 204 valence electrons. The number of nitrogens with zero attached hydrogens (tertiary/aromatic N) is 4. The number of aromatic nitrogens is 4. The zero-order valence-electron chi connectivity index (χ0n) is 21.5. The van der Waals surface area contributed by atoms with E-state index < -0.39 is 16.1 Å². The lowest BCUT2D eigenvalue weighted by Gasteiger charge is -2.12. The number of hydrogen-bond acceptors (Lipinski definition) is 9. The zero-order valence-corrected chi connectivity index (χ0v) is 22.3. The van der Waals surface area contributed by atoms with E-state index in [1.807, 2.05) is 30.3 Å². The topological polar surface area (TPSA) is 143 Å². The first-order valence-corrected chi connectivity index (χ1v) is 14.2. The molecule has 0 aliphatic heterocycles. The predicted octanol–water partition coefficient (Wildman–Crippen LogP) is 3.78. The van der Waals surface area contributed by atoms with Gasteiger partial charge in [-0.15, -0.1) is 0 Å². The highest BCUT2D eigenvalue weighted by Crippen LogP contribution is 2.22. The van der Waals surface area contributed by atoms with Crippen LogP contribution in [0.4, 0.5) is 5.69 Å². The van der Waals surface area contributed by atoms with Crippen LogP contribution in [0.1, 0.15) is 28.7 Å². The van der Waals surface area contributed by atoms with Crippen molar-refractivity contribution in [1.82, 2.24) is 25.4 Å². The van der Waals surface area contributed by atoms with Crippen molar-refractivity contribution in [2.75, 3.05) is 17.8 Å². The molecule has 0 spiro atoms. The van der Waals surface area contributed by atoms with E-state index in [1.54, 1.807) is 55.1 Å². The van der Waals surface area contributed by atoms with E-state index in [0.29, 0.717) is 42.5 Å². The second-order valence-corrected chi connectivity index (χ2v) is 10.8. The summed E-state index contributed by atoms with van der Waals surface area (Å²) in [5, 5.41) is 17.4. The molecule has 1 unspecified atom stereocenters. The first-order valence-electron chi connectivity index (χ1n) is 12.7. The highest BCUT2D eigenvalue weighted by molar-refractivity contribution is 7.92. The Morgan fingerprint density at radius 3 is 2.33 bits per heavy atom. The Morgan fingerprint density at radius 2 is 1.62 bits per heavy atom. The molecule has 0 saturated heterocycles. The quantitative estimate of drug-likeness (QED) is 0.196. The summed E-state index contributed by atoms with van der Waals surface area (Å²) in [7, 11) is -3.78. The monoisotopic (exact) mass is 556 g/mol. The highest BCUT2D eigenvalue weighted by Gasteiger charge is 2.16. The summed E-state index contributed by atoms with van der Waals surface area (Å²) in [5.74, 6) is 0.829. The lowest BCUT2D eigenvalue weighted by molar-refractivity contribution is 0.174. The molecule has 2 aromatic carbocycles. The van der Waals surface area contributed by atoms with E-state index in [9.17, 15) is 13.5 Å². The fourth-order valence-corrected chi connectivity index (χ4v) is 5.08. The number of aliphatic hydroxyl groups is 1. The first kappa shape index (κ1) is 27.1. The van der Waals surface area contributed by atoms with Gasteiger partial charge in [0.1, 0.15) is 0 Å². The summed E-state index contributed by atoms with van der Waals surface area (Å²) >= 11 is 0. The number of nitrogens with one attached hydrogen (secondary N) is 2. The molecule has 0 fully saturated rings. The van der Waals surface area contributed by atoms with Gasteiger partial charge < -0.3 is 14.9 Å². The van der Waals surface area contributed by atoms with Gasteiger partial charge >= 0.3 is 0 Å². The predicted molar refractivity (Wildman–Crippen MR) is 150 cm³/mol. The van der Waals surface area contributed by atoms with Gasteiger partial charge in [0.2, 0.25) is 11.7 Å². The summed E-state index contributed by atoms with van der Waals surface area (Å²) in [5.41, 5.74) is 3.87. The van der Waals surface area contributed by atoms with Crippen molar-refractivity contribution in [3.63, 3.8) is 0 Å². The summed E-state index contributed by atoms with van der Waals surface area (Å²) in [6.07, 6.45) is 7.32. The highest BCUT2D eigenvalue weighted by atomic mass is 32.2. The van der Waals surface area contributed by atoms with Gasteiger partial charge in [0.25, 0.3) is 10.0 Å². The molecule has 0 amide bonds. The number of rotatable bonds is 12. The van der Waals surface area contributed by atoms with Crippen molar-refractivity contribution in [3.05, 3.63) is 120 Å². The number of sulfonamides is 1. The standard InChI is InChI=1S/C29H28N6O4S/c36-27(24-4-2-15-31-19-24)20-32-16-13-21-5-9-25(10-6-21)35-40(37,38)26-11-7-23(8-12-26)29-33-28(39-34-29)17-22-3-1-14-30-18-22/h1-12,14-15,18-19,27,32,35-36H,13,16-17,20H2. The van der Waals surface area contributed by atoms with Crippen molar-refractivity contribution >= 4 is 15.7 Å². The van der Waals surface area contributed by atoms with E-state index >= 15 is 0 Å². The summed E-state index contributed by atoms with van der Waals surface area (Å²) in [4.78, 5) is 12.6. The maximum absolute atomic E-state index is 12.9. The number of pyridine rings is 2. The van der Waals surface area contributed by atoms with Crippen LogP contribution in [0.15, 0.2) is 107 Å².